The molecule has 1 aromatic carbocycles. The number of fused-ring (bicyclic) bond motifs is 1. The molecule has 0 unspecified atom stereocenters. The predicted octanol–water partition coefficient (Wildman–Crippen LogP) is 3.21. The molecule has 0 saturated heterocycles. The molecule has 0 saturated carbocycles. The molecule has 0 fully saturated rings. The molecular weight excluding hydrogens is 305 g/mol. The van der Waals surface area contributed by atoms with Crippen LogP contribution in [0.2, 0.25) is 5.02 Å². The predicted molar refractivity (Wildman–Crippen MR) is 66.9 cm³/mol. The van der Waals surface area contributed by atoms with Gasteiger partial charge in [-0.3, -0.25) is 0 Å². The minimum absolute atomic E-state index is 0. The summed E-state index contributed by atoms with van der Waals surface area (Å²) in [5, 5.41) is 0.989. The fourth-order valence-corrected chi connectivity index (χ4v) is 2.06. The van der Waals surface area contributed by atoms with Crippen LogP contribution in [0.3, 0.4) is 0 Å². The maximum Gasteiger partial charge on any atom is 0.338 e. The fraction of sp³-hybridized carbons (Fsp3) is 0. The first kappa shape index (κ1) is 12.4. The third-order valence-corrected chi connectivity index (χ3v) is 2.53. The number of halogens is 3. The van der Waals surface area contributed by atoms with Crippen LogP contribution >= 0.6 is 39.9 Å². The van der Waals surface area contributed by atoms with E-state index in [0.29, 0.717) is 21.7 Å². The zero-order chi connectivity index (χ0) is 10.3. The topological polar surface area (TPSA) is 56.2 Å². The van der Waals surface area contributed by atoms with Gasteiger partial charge in [0.25, 0.3) is 0 Å². The maximum atomic E-state index is 11.0. The van der Waals surface area contributed by atoms with Gasteiger partial charge in [0, 0.05) is 21.6 Å². The summed E-state index contributed by atoms with van der Waals surface area (Å²) in [4.78, 5) is 11.0. The highest BCUT2D eigenvalue weighted by atomic mass is 79.9. The van der Waals surface area contributed by atoms with Gasteiger partial charge in [-0.1, -0.05) is 27.5 Å². The second kappa shape index (κ2) is 4.43. The van der Waals surface area contributed by atoms with Gasteiger partial charge in [-0.2, -0.15) is 0 Å². The van der Waals surface area contributed by atoms with Crippen LogP contribution in [-0.4, -0.2) is 0 Å². The molecule has 0 atom stereocenters. The maximum absolute atomic E-state index is 11.0. The lowest BCUT2D eigenvalue weighted by Crippen LogP contribution is -2.00. The largest absolute Gasteiger partial charge is 0.421 e. The Balaban J connectivity index is 0.00000112. The van der Waals surface area contributed by atoms with Crippen molar-refractivity contribution in [2.24, 2.45) is 0 Å². The van der Waals surface area contributed by atoms with E-state index in [2.05, 4.69) is 15.9 Å². The average molecular weight is 311 g/mol. The van der Waals surface area contributed by atoms with E-state index in [9.17, 15) is 4.79 Å². The van der Waals surface area contributed by atoms with Gasteiger partial charge in [0.2, 0.25) is 0 Å². The van der Waals surface area contributed by atoms with E-state index < -0.39 is 5.63 Å². The lowest BCUT2D eigenvalue weighted by Gasteiger charge is -2.02. The van der Waals surface area contributed by atoms with Crippen molar-refractivity contribution in [3.63, 3.8) is 0 Å². The normalized spacial score (nSPS) is 10.0. The summed E-state index contributed by atoms with van der Waals surface area (Å²) in [6.07, 6.45) is 0. The Hall–Kier alpha value is -0.710. The zero-order valence-electron chi connectivity index (χ0n) is 7.29. The fourth-order valence-electron chi connectivity index (χ4n) is 1.21. The molecule has 1 aromatic heterocycles. The van der Waals surface area contributed by atoms with Crippen molar-refractivity contribution in [3.8, 4) is 0 Å². The van der Waals surface area contributed by atoms with E-state index in [0.717, 1.165) is 4.47 Å². The number of anilines is 1. The lowest BCUT2D eigenvalue weighted by atomic mass is 10.2. The first-order valence-electron chi connectivity index (χ1n) is 3.76. The van der Waals surface area contributed by atoms with Crippen molar-refractivity contribution in [2.75, 3.05) is 5.73 Å². The molecule has 0 spiro atoms. The van der Waals surface area contributed by atoms with Crippen molar-refractivity contribution in [3.05, 3.63) is 38.1 Å². The molecule has 0 aliphatic carbocycles. The third-order valence-electron chi connectivity index (χ3n) is 1.80. The molecule has 0 amide bonds. The van der Waals surface area contributed by atoms with E-state index in [1.807, 2.05) is 0 Å². The van der Waals surface area contributed by atoms with Crippen molar-refractivity contribution in [1.82, 2.24) is 0 Å². The Kier molecular flexibility index (Phi) is 3.65. The Bertz CT molecular complexity index is 568. The molecular formula is C9H6BrCl2NO2. The van der Waals surface area contributed by atoms with Gasteiger partial charge in [-0.15, -0.1) is 12.4 Å². The van der Waals surface area contributed by atoms with Gasteiger partial charge >= 0.3 is 5.63 Å². The third kappa shape index (κ3) is 2.27. The van der Waals surface area contributed by atoms with Gasteiger partial charge in [-0.25, -0.2) is 4.79 Å². The summed E-state index contributed by atoms with van der Waals surface area (Å²) in [6.45, 7) is 0. The Morgan fingerprint density at radius 3 is 2.67 bits per heavy atom. The van der Waals surface area contributed by atoms with Crippen molar-refractivity contribution >= 4 is 56.6 Å². The number of hydrogen-bond acceptors (Lipinski definition) is 3. The van der Waals surface area contributed by atoms with Gasteiger partial charge < -0.3 is 10.2 Å². The highest BCUT2D eigenvalue weighted by Gasteiger charge is 2.07. The van der Waals surface area contributed by atoms with Crippen LogP contribution in [0.25, 0.3) is 11.0 Å². The molecule has 6 heteroatoms. The monoisotopic (exact) mass is 309 g/mol. The first-order chi connectivity index (χ1) is 6.58. The van der Waals surface area contributed by atoms with Crippen LogP contribution in [0.4, 0.5) is 5.69 Å². The van der Waals surface area contributed by atoms with Gasteiger partial charge in [0.05, 0.1) is 5.02 Å². The smallest absolute Gasteiger partial charge is 0.338 e. The van der Waals surface area contributed by atoms with Gasteiger partial charge in [0.1, 0.15) is 0 Å². The van der Waals surface area contributed by atoms with Crippen LogP contribution in [0.15, 0.2) is 31.9 Å². The van der Waals surface area contributed by atoms with Crippen LogP contribution in [0.5, 0.6) is 0 Å². The lowest BCUT2D eigenvalue weighted by molar-refractivity contribution is 0.562. The Labute approximate surface area is 105 Å². The SMILES string of the molecule is Cl.Nc1cc(=O)oc2c(Cl)cc(Br)cc12. The van der Waals surface area contributed by atoms with Crippen LogP contribution in [0, 0.1) is 0 Å². The summed E-state index contributed by atoms with van der Waals surface area (Å²) in [5.74, 6) is 0. The quantitative estimate of drug-likeness (QED) is 0.760. The summed E-state index contributed by atoms with van der Waals surface area (Å²) in [6, 6.07) is 4.62. The molecule has 0 aliphatic heterocycles. The molecule has 0 bridgehead atoms. The summed E-state index contributed by atoms with van der Waals surface area (Å²) >= 11 is 9.16. The average Bonchev–Trinajstić information content (AvgIpc) is 2.07. The molecule has 2 rings (SSSR count). The number of rotatable bonds is 0. The van der Waals surface area contributed by atoms with E-state index in [4.69, 9.17) is 21.8 Å². The molecule has 0 radical (unpaired) electrons. The van der Waals surface area contributed by atoms with E-state index >= 15 is 0 Å². The second-order valence-electron chi connectivity index (χ2n) is 2.79. The molecule has 1 heterocycles. The highest BCUT2D eigenvalue weighted by Crippen LogP contribution is 2.29. The van der Waals surface area contributed by atoms with Gasteiger partial charge in [-0.05, 0) is 12.1 Å². The van der Waals surface area contributed by atoms with E-state index in [-0.39, 0.29) is 12.4 Å². The Morgan fingerprint density at radius 1 is 1.33 bits per heavy atom. The minimum Gasteiger partial charge on any atom is -0.421 e. The van der Waals surface area contributed by atoms with Crippen molar-refractivity contribution < 1.29 is 4.42 Å². The highest BCUT2D eigenvalue weighted by molar-refractivity contribution is 9.10. The van der Waals surface area contributed by atoms with E-state index in [1.54, 1.807) is 12.1 Å². The van der Waals surface area contributed by atoms with Gasteiger partial charge in [0.15, 0.2) is 5.58 Å². The zero-order valence-corrected chi connectivity index (χ0v) is 10.4. The number of benzene rings is 1. The molecule has 3 nitrogen and oxygen atoms in total. The number of hydrogen-bond donors (Lipinski definition) is 1. The van der Waals surface area contributed by atoms with Crippen LogP contribution < -0.4 is 11.4 Å². The standard InChI is InChI=1S/C9H5BrClNO2.ClH/c10-4-1-5-7(12)3-8(13)14-9(5)6(11)2-4;/h1-3H,12H2;1H. The van der Waals surface area contributed by atoms with Crippen molar-refractivity contribution in [2.45, 2.75) is 0 Å². The number of nitrogens with two attached hydrogens (primary N) is 1. The molecule has 2 aromatic rings. The first-order valence-corrected chi connectivity index (χ1v) is 4.93. The molecule has 0 aliphatic rings. The molecule has 2 N–H and O–H groups in total. The summed E-state index contributed by atoms with van der Waals surface area (Å²) < 4.78 is 5.73. The van der Waals surface area contributed by atoms with Crippen LogP contribution in [-0.2, 0) is 0 Å². The minimum atomic E-state index is -0.501. The molecule has 15 heavy (non-hydrogen) atoms. The molecule has 80 valence electrons. The number of nitrogen functional groups attached to an aromatic ring is 1. The van der Waals surface area contributed by atoms with Crippen LogP contribution in [0.1, 0.15) is 0 Å². The van der Waals surface area contributed by atoms with E-state index in [1.165, 1.54) is 6.07 Å². The Morgan fingerprint density at radius 2 is 2.00 bits per heavy atom. The summed E-state index contributed by atoms with van der Waals surface area (Å²) in [7, 11) is 0. The summed E-state index contributed by atoms with van der Waals surface area (Å²) in [5.41, 5.74) is 5.83. The van der Waals surface area contributed by atoms with Crippen molar-refractivity contribution in [1.29, 1.82) is 0 Å². The second-order valence-corrected chi connectivity index (χ2v) is 4.11.